The van der Waals surface area contributed by atoms with Crippen molar-refractivity contribution in [3.63, 3.8) is 0 Å². The van der Waals surface area contributed by atoms with Gasteiger partial charge in [0.15, 0.2) is 0 Å². The van der Waals surface area contributed by atoms with E-state index in [1.807, 2.05) is 27.8 Å². The Morgan fingerprint density at radius 3 is 2.52 bits per heavy atom. The van der Waals surface area contributed by atoms with Crippen molar-refractivity contribution in [1.82, 2.24) is 15.1 Å². The van der Waals surface area contributed by atoms with Gasteiger partial charge in [-0.05, 0) is 40.0 Å². The largest absolute Gasteiger partial charge is 0.481 e. The topological polar surface area (TPSA) is 84.2 Å². The Labute approximate surface area is 124 Å². The first-order chi connectivity index (χ1) is 9.81. The zero-order valence-electron chi connectivity index (χ0n) is 13.0. The fourth-order valence-corrected chi connectivity index (χ4v) is 3.21. The molecule has 1 aliphatic rings. The second-order valence-corrected chi connectivity index (χ2v) is 5.98. The Morgan fingerprint density at radius 1 is 1.38 bits per heavy atom. The lowest BCUT2D eigenvalue weighted by atomic mass is 9.97. The van der Waals surface area contributed by atoms with Crippen molar-refractivity contribution >= 4 is 11.9 Å². The second kappa shape index (κ2) is 5.87. The number of rotatable bonds is 4. The van der Waals surface area contributed by atoms with E-state index >= 15 is 0 Å². The summed E-state index contributed by atoms with van der Waals surface area (Å²) in [7, 11) is 1.87. The van der Waals surface area contributed by atoms with Crippen molar-refractivity contribution in [3.8, 4) is 0 Å². The number of hydrogen-bond donors (Lipinski definition) is 2. The van der Waals surface area contributed by atoms with E-state index in [0.29, 0.717) is 12.8 Å². The van der Waals surface area contributed by atoms with E-state index in [-0.39, 0.29) is 23.8 Å². The lowest BCUT2D eigenvalue weighted by Crippen LogP contribution is -2.36. The van der Waals surface area contributed by atoms with Crippen LogP contribution in [0.4, 0.5) is 0 Å². The van der Waals surface area contributed by atoms with Crippen LogP contribution in [-0.2, 0) is 16.6 Å². The maximum Gasteiger partial charge on any atom is 0.306 e. The van der Waals surface area contributed by atoms with Crippen LogP contribution in [0.15, 0.2) is 0 Å². The van der Waals surface area contributed by atoms with Crippen LogP contribution >= 0.6 is 0 Å². The number of amides is 1. The molecule has 0 radical (unpaired) electrons. The maximum absolute atomic E-state index is 12.4. The van der Waals surface area contributed by atoms with Crippen LogP contribution < -0.4 is 5.32 Å². The number of aliphatic carboxylic acids is 1. The van der Waals surface area contributed by atoms with E-state index in [1.54, 1.807) is 4.68 Å². The highest BCUT2D eigenvalue weighted by Crippen LogP contribution is 2.27. The third-order valence-electron chi connectivity index (χ3n) is 4.52. The summed E-state index contributed by atoms with van der Waals surface area (Å²) in [6.07, 6.45) is 1.90. The quantitative estimate of drug-likeness (QED) is 0.881. The van der Waals surface area contributed by atoms with Crippen molar-refractivity contribution < 1.29 is 14.7 Å². The number of carboxylic acid groups (broad SMARTS) is 1. The Balaban J connectivity index is 2.02. The normalized spacial score (nSPS) is 23.0. The maximum atomic E-state index is 12.4. The van der Waals surface area contributed by atoms with Crippen LogP contribution in [0.5, 0.6) is 0 Å². The van der Waals surface area contributed by atoms with Gasteiger partial charge < -0.3 is 10.4 Å². The first kappa shape index (κ1) is 15.5. The predicted octanol–water partition coefficient (Wildman–Crippen LogP) is 1.51. The van der Waals surface area contributed by atoms with Crippen molar-refractivity contribution in [2.45, 2.75) is 52.0 Å². The predicted molar refractivity (Wildman–Crippen MR) is 78.0 cm³/mol. The van der Waals surface area contributed by atoms with Crippen LogP contribution in [0.3, 0.4) is 0 Å². The molecule has 21 heavy (non-hydrogen) atoms. The van der Waals surface area contributed by atoms with Gasteiger partial charge in [0, 0.05) is 24.3 Å². The molecule has 2 rings (SSSR count). The van der Waals surface area contributed by atoms with Gasteiger partial charge in [0.1, 0.15) is 0 Å². The Hall–Kier alpha value is -1.85. The van der Waals surface area contributed by atoms with E-state index in [9.17, 15) is 9.59 Å². The molecule has 1 fully saturated rings. The first-order valence-corrected chi connectivity index (χ1v) is 7.34. The summed E-state index contributed by atoms with van der Waals surface area (Å²) in [5.74, 6) is -1.42. The molecule has 0 saturated heterocycles. The number of aryl methyl sites for hydroxylation is 2. The third-order valence-corrected chi connectivity index (χ3v) is 4.52. The number of carbonyl (C=O) groups excluding carboxylic acids is 1. The summed E-state index contributed by atoms with van der Waals surface area (Å²) < 4.78 is 1.78. The summed E-state index contributed by atoms with van der Waals surface area (Å²) in [5, 5.41) is 16.3. The molecule has 1 saturated carbocycles. The van der Waals surface area contributed by atoms with E-state index in [4.69, 9.17) is 5.11 Å². The van der Waals surface area contributed by atoms with E-state index in [1.165, 1.54) is 0 Å². The highest BCUT2D eigenvalue weighted by molar-refractivity contribution is 5.84. The van der Waals surface area contributed by atoms with Crippen LogP contribution in [-0.4, -0.2) is 32.8 Å². The summed E-state index contributed by atoms with van der Waals surface area (Å²) in [6.45, 7) is 5.73. The molecule has 1 amide bonds. The fourth-order valence-electron chi connectivity index (χ4n) is 3.21. The number of nitrogens with one attached hydrogen (secondary N) is 1. The van der Waals surface area contributed by atoms with Gasteiger partial charge in [-0.1, -0.05) is 0 Å². The number of carbonyl (C=O) groups is 2. The summed E-state index contributed by atoms with van der Waals surface area (Å²) >= 11 is 0. The molecule has 0 spiro atoms. The standard InChI is InChI=1S/C15H23N3O3/c1-8(13-9(2)17-18(4)10(13)3)14(19)16-12-6-5-11(7-12)15(20)21/h8,11-12H,5-7H2,1-4H3,(H,16,19)(H,20,21)/t8?,11-,12+/m0/s1. The monoisotopic (exact) mass is 293 g/mol. The number of hydrogen-bond acceptors (Lipinski definition) is 3. The molecule has 0 aliphatic heterocycles. The van der Waals surface area contributed by atoms with Crippen molar-refractivity contribution in [3.05, 3.63) is 17.0 Å². The zero-order valence-corrected chi connectivity index (χ0v) is 13.0. The van der Waals surface area contributed by atoms with Crippen molar-refractivity contribution in [1.29, 1.82) is 0 Å². The second-order valence-electron chi connectivity index (χ2n) is 5.98. The molecule has 116 valence electrons. The lowest BCUT2D eigenvalue weighted by molar-refractivity contribution is -0.141. The molecule has 3 atom stereocenters. The molecule has 1 aliphatic carbocycles. The van der Waals surface area contributed by atoms with Crippen LogP contribution in [0.2, 0.25) is 0 Å². The zero-order chi connectivity index (χ0) is 15.7. The molecule has 1 unspecified atom stereocenters. The van der Waals surface area contributed by atoms with Gasteiger partial charge in [-0.15, -0.1) is 0 Å². The molecule has 6 nitrogen and oxygen atoms in total. The molecule has 1 aromatic heterocycles. The average molecular weight is 293 g/mol. The number of carboxylic acids is 1. The van der Waals surface area contributed by atoms with Gasteiger partial charge in [-0.25, -0.2) is 0 Å². The fraction of sp³-hybridized carbons (Fsp3) is 0.667. The van der Waals surface area contributed by atoms with Gasteiger partial charge in [0.2, 0.25) is 5.91 Å². The van der Waals surface area contributed by atoms with Gasteiger partial charge >= 0.3 is 5.97 Å². The molecular weight excluding hydrogens is 270 g/mol. The van der Waals surface area contributed by atoms with Crippen LogP contribution in [0.25, 0.3) is 0 Å². The summed E-state index contributed by atoms with van der Waals surface area (Å²) in [4.78, 5) is 23.4. The smallest absolute Gasteiger partial charge is 0.306 e. The molecule has 0 bridgehead atoms. The Kier molecular flexibility index (Phi) is 4.34. The van der Waals surface area contributed by atoms with Crippen LogP contribution in [0, 0.1) is 19.8 Å². The molecule has 1 heterocycles. The molecule has 6 heteroatoms. The minimum absolute atomic E-state index is 0.0293. The average Bonchev–Trinajstić information content (AvgIpc) is 2.95. The SMILES string of the molecule is Cc1nn(C)c(C)c1C(C)C(=O)N[C@@H]1CC[C@H](C(=O)O)C1. The van der Waals surface area contributed by atoms with E-state index in [0.717, 1.165) is 23.4 Å². The molecule has 0 aromatic carbocycles. The van der Waals surface area contributed by atoms with E-state index < -0.39 is 5.97 Å². The van der Waals surface area contributed by atoms with E-state index in [2.05, 4.69) is 10.4 Å². The minimum atomic E-state index is -0.765. The third kappa shape index (κ3) is 3.09. The Bertz CT molecular complexity index is 565. The molecule has 1 aromatic rings. The van der Waals surface area contributed by atoms with Gasteiger partial charge in [0.25, 0.3) is 0 Å². The van der Waals surface area contributed by atoms with Gasteiger partial charge in [0.05, 0.1) is 17.5 Å². The first-order valence-electron chi connectivity index (χ1n) is 7.34. The van der Waals surface area contributed by atoms with Crippen molar-refractivity contribution in [2.75, 3.05) is 0 Å². The highest BCUT2D eigenvalue weighted by atomic mass is 16.4. The highest BCUT2D eigenvalue weighted by Gasteiger charge is 2.32. The van der Waals surface area contributed by atoms with Crippen molar-refractivity contribution in [2.24, 2.45) is 13.0 Å². The van der Waals surface area contributed by atoms with Gasteiger partial charge in [-0.2, -0.15) is 5.10 Å². The summed E-state index contributed by atoms with van der Waals surface area (Å²) in [6, 6.07) is -0.0293. The number of aromatic nitrogens is 2. The van der Waals surface area contributed by atoms with Crippen LogP contribution in [0.1, 0.15) is 49.1 Å². The Morgan fingerprint density at radius 2 is 2.05 bits per heavy atom. The molecular formula is C15H23N3O3. The summed E-state index contributed by atoms with van der Waals surface area (Å²) in [5.41, 5.74) is 2.82. The number of nitrogens with zero attached hydrogens (tertiary/aromatic N) is 2. The minimum Gasteiger partial charge on any atom is -0.481 e. The van der Waals surface area contributed by atoms with Gasteiger partial charge in [-0.3, -0.25) is 14.3 Å². The lowest BCUT2D eigenvalue weighted by Gasteiger charge is -2.17. The molecule has 2 N–H and O–H groups in total.